The topological polar surface area (TPSA) is 31.6 Å². The summed E-state index contributed by atoms with van der Waals surface area (Å²) in [7, 11) is 4.40. The van der Waals surface area contributed by atoms with E-state index in [1.54, 1.807) is 12.5 Å². The van der Waals surface area contributed by atoms with E-state index in [1.807, 2.05) is 6.07 Å². The van der Waals surface area contributed by atoms with Crippen molar-refractivity contribution in [2.24, 2.45) is 0 Å². The Morgan fingerprint density at radius 2 is 2.31 bits per heavy atom. The Kier molecular flexibility index (Phi) is 3.98. The second-order valence-electron chi connectivity index (χ2n) is 4.66. The predicted molar refractivity (Wildman–Crippen MR) is 64.3 cm³/mol. The van der Waals surface area contributed by atoms with Crippen LogP contribution in [0.1, 0.15) is 5.56 Å². The summed E-state index contributed by atoms with van der Waals surface area (Å²) in [4.78, 5) is 4.83. The van der Waals surface area contributed by atoms with E-state index in [0.29, 0.717) is 6.04 Å². The van der Waals surface area contributed by atoms with E-state index in [0.717, 1.165) is 26.2 Å². The molecule has 0 bridgehead atoms. The molecule has 4 heteroatoms. The highest BCUT2D eigenvalue weighted by atomic mass is 16.3. The summed E-state index contributed by atoms with van der Waals surface area (Å²) in [5.41, 5.74) is 1.21. The lowest BCUT2D eigenvalue weighted by atomic mass is 10.2. The van der Waals surface area contributed by atoms with Crippen molar-refractivity contribution >= 4 is 0 Å². The normalized spacial score (nSPS) is 23.8. The molecule has 1 saturated heterocycles. The molecule has 0 saturated carbocycles. The molecule has 0 radical (unpaired) electrons. The van der Waals surface area contributed by atoms with Crippen molar-refractivity contribution in [3.05, 3.63) is 24.2 Å². The first-order valence-corrected chi connectivity index (χ1v) is 5.86. The molecule has 1 aliphatic heterocycles. The van der Waals surface area contributed by atoms with Crippen LogP contribution in [0, 0.1) is 0 Å². The first-order chi connectivity index (χ1) is 7.75. The lowest BCUT2D eigenvalue weighted by molar-refractivity contribution is 0.113. The third kappa shape index (κ3) is 3.07. The van der Waals surface area contributed by atoms with Crippen LogP contribution < -0.4 is 5.32 Å². The quantitative estimate of drug-likeness (QED) is 0.810. The van der Waals surface area contributed by atoms with Gasteiger partial charge in [-0.05, 0) is 20.2 Å². The van der Waals surface area contributed by atoms with Gasteiger partial charge in [-0.15, -0.1) is 0 Å². The van der Waals surface area contributed by atoms with Crippen molar-refractivity contribution in [1.82, 2.24) is 15.1 Å². The van der Waals surface area contributed by atoms with Gasteiger partial charge in [-0.25, -0.2) is 0 Å². The smallest absolute Gasteiger partial charge is 0.0947 e. The molecule has 0 aromatic carbocycles. The lowest BCUT2D eigenvalue weighted by Gasteiger charge is -2.37. The number of nitrogens with one attached hydrogen (secondary N) is 1. The minimum atomic E-state index is 0.616. The van der Waals surface area contributed by atoms with Crippen molar-refractivity contribution < 1.29 is 4.42 Å². The van der Waals surface area contributed by atoms with Crippen LogP contribution >= 0.6 is 0 Å². The summed E-state index contributed by atoms with van der Waals surface area (Å²) in [6.07, 6.45) is 3.52. The van der Waals surface area contributed by atoms with Crippen molar-refractivity contribution in [3.63, 3.8) is 0 Å². The summed E-state index contributed by atoms with van der Waals surface area (Å²) in [5, 5.41) is 3.48. The molecule has 16 heavy (non-hydrogen) atoms. The van der Waals surface area contributed by atoms with Crippen molar-refractivity contribution in [1.29, 1.82) is 0 Å². The molecule has 2 rings (SSSR count). The Hall–Kier alpha value is -0.840. The van der Waals surface area contributed by atoms with Crippen LogP contribution in [0.5, 0.6) is 0 Å². The molecule has 4 nitrogen and oxygen atoms in total. The molecule has 0 aliphatic carbocycles. The number of likely N-dealkylation sites (N-methyl/N-ethyl adjacent to an activating group) is 2. The van der Waals surface area contributed by atoms with Gasteiger partial charge in [-0.3, -0.25) is 4.90 Å². The zero-order valence-corrected chi connectivity index (χ0v) is 10.1. The number of rotatable bonds is 4. The van der Waals surface area contributed by atoms with Gasteiger partial charge < -0.3 is 14.6 Å². The van der Waals surface area contributed by atoms with E-state index in [9.17, 15) is 0 Å². The molecule has 1 aromatic heterocycles. The van der Waals surface area contributed by atoms with E-state index >= 15 is 0 Å². The van der Waals surface area contributed by atoms with Crippen LogP contribution in [0.25, 0.3) is 0 Å². The first kappa shape index (κ1) is 11.6. The Morgan fingerprint density at radius 1 is 1.44 bits per heavy atom. The highest BCUT2D eigenvalue weighted by Crippen LogP contribution is 2.05. The molecule has 0 spiro atoms. The van der Waals surface area contributed by atoms with Crippen LogP contribution in [-0.2, 0) is 6.54 Å². The monoisotopic (exact) mass is 223 g/mol. The fraction of sp³-hybridized carbons (Fsp3) is 0.667. The Morgan fingerprint density at radius 3 is 3.06 bits per heavy atom. The van der Waals surface area contributed by atoms with Gasteiger partial charge >= 0.3 is 0 Å². The fourth-order valence-corrected chi connectivity index (χ4v) is 2.10. The van der Waals surface area contributed by atoms with Gasteiger partial charge in [0, 0.05) is 44.3 Å². The first-order valence-electron chi connectivity index (χ1n) is 5.86. The third-order valence-electron chi connectivity index (χ3n) is 3.27. The molecule has 1 atom stereocenters. The van der Waals surface area contributed by atoms with Gasteiger partial charge in [0.25, 0.3) is 0 Å². The molecule has 1 fully saturated rings. The number of piperazine rings is 1. The Balaban J connectivity index is 1.72. The zero-order chi connectivity index (χ0) is 11.4. The number of hydrogen-bond acceptors (Lipinski definition) is 4. The maximum atomic E-state index is 5.04. The van der Waals surface area contributed by atoms with Crippen LogP contribution in [0.4, 0.5) is 0 Å². The molecular formula is C12H21N3O. The predicted octanol–water partition coefficient (Wildman–Crippen LogP) is 0.615. The highest BCUT2D eigenvalue weighted by molar-refractivity contribution is 5.04. The third-order valence-corrected chi connectivity index (χ3v) is 3.27. The SMILES string of the molecule is CN1CCN(C)C(CNCc2ccoc2)C1. The molecule has 1 aromatic rings. The Bertz CT molecular complexity index is 299. The highest BCUT2D eigenvalue weighted by Gasteiger charge is 2.21. The second-order valence-corrected chi connectivity index (χ2v) is 4.66. The summed E-state index contributed by atoms with van der Waals surface area (Å²) in [6.45, 7) is 5.41. The summed E-state index contributed by atoms with van der Waals surface area (Å²) in [6, 6.07) is 2.62. The summed E-state index contributed by atoms with van der Waals surface area (Å²) >= 11 is 0. The minimum absolute atomic E-state index is 0.616. The van der Waals surface area contributed by atoms with Crippen molar-refractivity contribution in [3.8, 4) is 0 Å². The maximum Gasteiger partial charge on any atom is 0.0947 e. The number of nitrogens with zero attached hydrogens (tertiary/aromatic N) is 2. The minimum Gasteiger partial charge on any atom is -0.472 e. The molecular weight excluding hydrogens is 202 g/mol. The largest absolute Gasteiger partial charge is 0.472 e. The van der Waals surface area contributed by atoms with E-state index in [-0.39, 0.29) is 0 Å². The number of furan rings is 1. The maximum absolute atomic E-state index is 5.04. The molecule has 1 unspecified atom stereocenters. The van der Waals surface area contributed by atoms with Crippen LogP contribution in [0.2, 0.25) is 0 Å². The molecule has 90 valence electrons. The second kappa shape index (κ2) is 5.48. The van der Waals surface area contributed by atoms with Crippen LogP contribution in [0.15, 0.2) is 23.0 Å². The molecule has 1 aliphatic rings. The zero-order valence-electron chi connectivity index (χ0n) is 10.1. The van der Waals surface area contributed by atoms with Gasteiger partial charge in [0.15, 0.2) is 0 Å². The molecule has 2 heterocycles. The molecule has 1 N–H and O–H groups in total. The number of hydrogen-bond donors (Lipinski definition) is 1. The summed E-state index contributed by atoms with van der Waals surface area (Å²) in [5.74, 6) is 0. The standard InChI is InChI=1S/C12H21N3O/c1-14-4-5-15(2)12(9-14)8-13-7-11-3-6-16-10-11/h3,6,10,12-13H,4-5,7-9H2,1-2H3. The van der Waals surface area contributed by atoms with Crippen LogP contribution in [0.3, 0.4) is 0 Å². The Labute approximate surface area is 97.2 Å². The van der Waals surface area contributed by atoms with E-state index in [4.69, 9.17) is 4.42 Å². The fourth-order valence-electron chi connectivity index (χ4n) is 2.10. The van der Waals surface area contributed by atoms with Gasteiger partial charge in [0.05, 0.1) is 12.5 Å². The summed E-state index contributed by atoms with van der Waals surface area (Å²) < 4.78 is 5.04. The van der Waals surface area contributed by atoms with Gasteiger partial charge in [0.2, 0.25) is 0 Å². The van der Waals surface area contributed by atoms with E-state index in [2.05, 4.69) is 29.2 Å². The van der Waals surface area contributed by atoms with Gasteiger partial charge in [-0.2, -0.15) is 0 Å². The van der Waals surface area contributed by atoms with Gasteiger partial charge in [-0.1, -0.05) is 0 Å². The lowest BCUT2D eigenvalue weighted by Crippen LogP contribution is -2.53. The average molecular weight is 223 g/mol. The van der Waals surface area contributed by atoms with E-state index < -0.39 is 0 Å². The van der Waals surface area contributed by atoms with Gasteiger partial charge in [0.1, 0.15) is 0 Å². The van der Waals surface area contributed by atoms with E-state index in [1.165, 1.54) is 12.1 Å². The van der Waals surface area contributed by atoms with Crippen molar-refractivity contribution in [2.45, 2.75) is 12.6 Å². The molecule has 0 amide bonds. The van der Waals surface area contributed by atoms with Crippen molar-refractivity contribution in [2.75, 3.05) is 40.3 Å². The van der Waals surface area contributed by atoms with Crippen LogP contribution in [-0.4, -0.2) is 56.1 Å². The average Bonchev–Trinajstić information content (AvgIpc) is 2.76.